The van der Waals surface area contributed by atoms with Crippen molar-refractivity contribution in [2.75, 3.05) is 0 Å². The summed E-state index contributed by atoms with van der Waals surface area (Å²) in [6, 6.07) is 10.9. The predicted molar refractivity (Wildman–Crippen MR) is 63.0 cm³/mol. The summed E-state index contributed by atoms with van der Waals surface area (Å²) in [7, 11) is 0. The molecule has 1 N–H and O–H groups in total. The average Bonchev–Trinajstić information content (AvgIpc) is 2.72. The van der Waals surface area contributed by atoms with Crippen molar-refractivity contribution in [3.05, 3.63) is 42.2 Å². The number of aromatic nitrogens is 2. The number of fused-ring (bicyclic) bond motifs is 2. The third-order valence-corrected chi connectivity index (χ3v) is 2.85. The van der Waals surface area contributed by atoms with Crippen molar-refractivity contribution in [1.82, 2.24) is 9.97 Å². The van der Waals surface area contributed by atoms with Crippen LogP contribution in [0.15, 0.2) is 36.7 Å². The Kier molecular flexibility index (Phi) is 1.75. The minimum absolute atomic E-state index is 1.03. The number of rotatable bonds is 1. The Labute approximate surface area is 88.0 Å². The van der Waals surface area contributed by atoms with Crippen LogP contribution in [0.4, 0.5) is 0 Å². The molecule has 0 spiro atoms. The molecule has 0 saturated heterocycles. The summed E-state index contributed by atoms with van der Waals surface area (Å²) in [5, 5.41) is 2.54. The first-order valence-electron chi connectivity index (χ1n) is 5.22. The summed E-state index contributed by atoms with van der Waals surface area (Å²) in [5.41, 5.74) is 3.52. The number of benzene rings is 2. The molecule has 2 heteroatoms. The van der Waals surface area contributed by atoms with Gasteiger partial charge in [-0.05, 0) is 34.9 Å². The Bertz CT molecular complexity index is 623. The first-order valence-corrected chi connectivity index (χ1v) is 5.22. The van der Waals surface area contributed by atoms with Crippen LogP contribution in [0.5, 0.6) is 0 Å². The van der Waals surface area contributed by atoms with Crippen LogP contribution in [0.2, 0.25) is 0 Å². The van der Waals surface area contributed by atoms with E-state index in [1.54, 1.807) is 6.33 Å². The van der Waals surface area contributed by atoms with E-state index in [0.29, 0.717) is 0 Å². The second kappa shape index (κ2) is 3.09. The van der Waals surface area contributed by atoms with Crippen LogP contribution in [-0.2, 0) is 6.42 Å². The number of aromatic amines is 1. The Morgan fingerprint density at radius 2 is 2.07 bits per heavy atom. The zero-order valence-electron chi connectivity index (χ0n) is 8.62. The predicted octanol–water partition coefficient (Wildman–Crippen LogP) is 3.28. The Hall–Kier alpha value is -1.83. The average molecular weight is 196 g/mol. The SMILES string of the molecule is CCc1ccc2cc3nc[nH]c3cc2c1. The van der Waals surface area contributed by atoms with E-state index in [9.17, 15) is 0 Å². The van der Waals surface area contributed by atoms with Gasteiger partial charge in [0.1, 0.15) is 0 Å². The van der Waals surface area contributed by atoms with E-state index in [2.05, 4.69) is 47.2 Å². The minimum atomic E-state index is 1.03. The summed E-state index contributed by atoms with van der Waals surface area (Å²) in [4.78, 5) is 7.39. The number of hydrogen-bond acceptors (Lipinski definition) is 1. The van der Waals surface area contributed by atoms with Gasteiger partial charge in [-0.3, -0.25) is 0 Å². The van der Waals surface area contributed by atoms with E-state index in [1.165, 1.54) is 16.3 Å². The van der Waals surface area contributed by atoms with Gasteiger partial charge in [-0.25, -0.2) is 4.98 Å². The molecule has 0 radical (unpaired) electrons. The summed E-state index contributed by atoms with van der Waals surface area (Å²) in [5.74, 6) is 0. The Balaban J connectivity index is 2.38. The van der Waals surface area contributed by atoms with Crippen molar-refractivity contribution in [3.63, 3.8) is 0 Å². The Morgan fingerprint density at radius 1 is 1.13 bits per heavy atom. The smallest absolute Gasteiger partial charge is 0.0931 e. The number of nitrogens with one attached hydrogen (secondary N) is 1. The molecule has 0 atom stereocenters. The van der Waals surface area contributed by atoms with Gasteiger partial charge >= 0.3 is 0 Å². The van der Waals surface area contributed by atoms with E-state index in [1.807, 2.05) is 0 Å². The van der Waals surface area contributed by atoms with E-state index in [4.69, 9.17) is 0 Å². The molecule has 74 valence electrons. The summed E-state index contributed by atoms with van der Waals surface area (Å²) in [6.45, 7) is 2.18. The van der Waals surface area contributed by atoms with Crippen LogP contribution in [0.3, 0.4) is 0 Å². The number of H-pyrrole nitrogens is 1. The highest BCUT2D eigenvalue weighted by molar-refractivity contribution is 5.95. The molecular weight excluding hydrogens is 184 g/mol. The monoisotopic (exact) mass is 196 g/mol. The van der Waals surface area contributed by atoms with Crippen LogP contribution in [0.25, 0.3) is 21.8 Å². The van der Waals surface area contributed by atoms with Crippen LogP contribution in [-0.4, -0.2) is 9.97 Å². The van der Waals surface area contributed by atoms with Crippen LogP contribution in [0, 0.1) is 0 Å². The van der Waals surface area contributed by atoms with Gasteiger partial charge in [0.15, 0.2) is 0 Å². The van der Waals surface area contributed by atoms with Gasteiger partial charge in [-0.1, -0.05) is 25.1 Å². The molecule has 3 rings (SSSR count). The van der Waals surface area contributed by atoms with Crippen molar-refractivity contribution in [3.8, 4) is 0 Å². The second-order valence-electron chi connectivity index (χ2n) is 3.81. The lowest BCUT2D eigenvalue weighted by atomic mass is 10.0. The van der Waals surface area contributed by atoms with Crippen molar-refractivity contribution < 1.29 is 0 Å². The number of hydrogen-bond donors (Lipinski definition) is 1. The van der Waals surface area contributed by atoms with E-state index >= 15 is 0 Å². The van der Waals surface area contributed by atoms with Crippen molar-refractivity contribution in [1.29, 1.82) is 0 Å². The molecule has 0 fully saturated rings. The number of nitrogens with zero attached hydrogens (tertiary/aromatic N) is 1. The maximum absolute atomic E-state index is 4.26. The van der Waals surface area contributed by atoms with Gasteiger partial charge < -0.3 is 4.98 Å². The molecule has 1 aromatic heterocycles. The van der Waals surface area contributed by atoms with E-state index in [0.717, 1.165) is 17.5 Å². The quantitative estimate of drug-likeness (QED) is 0.635. The standard InChI is InChI=1S/C13H12N2/c1-2-9-3-4-10-6-12-13(15-8-14-12)7-11(10)5-9/h3-8H,2H2,1H3,(H,14,15). The van der Waals surface area contributed by atoms with E-state index in [-0.39, 0.29) is 0 Å². The highest BCUT2D eigenvalue weighted by Gasteiger charge is 2.00. The highest BCUT2D eigenvalue weighted by atomic mass is 14.9. The van der Waals surface area contributed by atoms with Crippen LogP contribution >= 0.6 is 0 Å². The molecule has 0 aliphatic heterocycles. The molecule has 0 bridgehead atoms. The summed E-state index contributed by atoms with van der Waals surface area (Å²) >= 11 is 0. The molecule has 15 heavy (non-hydrogen) atoms. The molecule has 0 amide bonds. The molecule has 2 aromatic carbocycles. The summed E-state index contributed by atoms with van der Waals surface area (Å²) in [6.07, 6.45) is 2.82. The maximum atomic E-state index is 4.26. The molecule has 2 nitrogen and oxygen atoms in total. The molecule has 1 heterocycles. The zero-order valence-corrected chi connectivity index (χ0v) is 8.62. The third kappa shape index (κ3) is 1.30. The van der Waals surface area contributed by atoms with Gasteiger partial charge in [0, 0.05) is 0 Å². The van der Waals surface area contributed by atoms with Crippen molar-refractivity contribution in [2.45, 2.75) is 13.3 Å². The molecular formula is C13H12N2. The third-order valence-electron chi connectivity index (χ3n) is 2.85. The van der Waals surface area contributed by atoms with Gasteiger partial charge in [0.25, 0.3) is 0 Å². The van der Waals surface area contributed by atoms with Crippen LogP contribution in [0.1, 0.15) is 12.5 Å². The summed E-state index contributed by atoms with van der Waals surface area (Å²) < 4.78 is 0. The molecule has 0 unspecified atom stereocenters. The fourth-order valence-electron chi connectivity index (χ4n) is 1.95. The highest BCUT2D eigenvalue weighted by Crippen LogP contribution is 2.21. The lowest BCUT2D eigenvalue weighted by molar-refractivity contribution is 1.15. The minimum Gasteiger partial charge on any atom is -0.345 e. The van der Waals surface area contributed by atoms with Gasteiger partial charge in [-0.2, -0.15) is 0 Å². The first-order chi connectivity index (χ1) is 7.36. The molecule has 3 aromatic rings. The van der Waals surface area contributed by atoms with E-state index < -0.39 is 0 Å². The number of imidazole rings is 1. The van der Waals surface area contributed by atoms with Gasteiger partial charge in [0.2, 0.25) is 0 Å². The van der Waals surface area contributed by atoms with Gasteiger partial charge in [0.05, 0.1) is 17.4 Å². The normalized spacial score (nSPS) is 11.3. The van der Waals surface area contributed by atoms with Crippen LogP contribution < -0.4 is 0 Å². The Morgan fingerprint density at radius 3 is 2.93 bits per heavy atom. The largest absolute Gasteiger partial charge is 0.345 e. The lowest BCUT2D eigenvalue weighted by Gasteiger charge is -2.01. The fraction of sp³-hybridized carbons (Fsp3) is 0.154. The topological polar surface area (TPSA) is 28.7 Å². The van der Waals surface area contributed by atoms with Gasteiger partial charge in [-0.15, -0.1) is 0 Å². The first kappa shape index (κ1) is 8.48. The molecule has 0 aliphatic rings. The molecule has 0 aliphatic carbocycles. The lowest BCUT2D eigenvalue weighted by Crippen LogP contribution is -1.80. The molecule has 0 saturated carbocycles. The van der Waals surface area contributed by atoms with Crippen molar-refractivity contribution >= 4 is 21.8 Å². The second-order valence-corrected chi connectivity index (χ2v) is 3.81. The number of aryl methyl sites for hydroxylation is 1. The fourth-order valence-corrected chi connectivity index (χ4v) is 1.95. The maximum Gasteiger partial charge on any atom is 0.0931 e. The zero-order chi connectivity index (χ0) is 10.3. The van der Waals surface area contributed by atoms with Crippen molar-refractivity contribution in [2.24, 2.45) is 0 Å².